The molecule has 0 aliphatic heterocycles. The molecule has 0 spiro atoms. The molecule has 1 aromatic heterocycles. The zero-order valence-electron chi connectivity index (χ0n) is 14.0. The largest absolute Gasteiger partial charge is 0.376 e. The van der Waals surface area contributed by atoms with Gasteiger partial charge in [0.2, 0.25) is 10.0 Å². The van der Waals surface area contributed by atoms with E-state index in [-0.39, 0.29) is 10.6 Å². The Hall–Kier alpha value is -2.45. The molecule has 1 heterocycles. The summed E-state index contributed by atoms with van der Waals surface area (Å²) in [7, 11) is 2.95. The standard InChI is InChI=1S/C16H20N4O3S/c1-19(2)15-9-8-12(24(22,23)20(3)4)11-14(15)18-16(21)13-7-5-6-10-17-13/h5-11H,1-4H3,(H,18,21). The summed E-state index contributed by atoms with van der Waals surface area (Å²) in [6, 6.07) is 9.64. The molecule has 0 unspecified atom stereocenters. The zero-order valence-corrected chi connectivity index (χ0v) is 14.8. The van der Waals surface area contributed by atoms with E-state index in [0.29, 0.717) is 11.4 Å². The maximum absolute atomic E-state index is 12.3. The fraction of sp³-hybridized carbons (Fsp3) is 0.250. The van der Waals surface area contributed by atoms with E-state index in [1.807, 2.05) is 14.1 Å². The predicted molar refractivity (Wildman–Crippen MR) is 93.8 cm³/mol. The molecule has 7 nitrogen and oxygen atoms in total. The smallest absolute Gasteiger partial charge is 0.274 e. The molecular weight excluding hydrogens is 328 g/mol. The van der Waals surface area contributed by atoms with Gasteiger partial charge in [0.05, 0.1) is 16.3 Å². The molecule has 8 heteroatoms. The topological polar surface area (TPSA) is 82.6 Å². The first-order valence-corrected chi connectivity index (χ1v) is 8.64. The zero-order chi connectivity index (χ0) is 17.9. The van der Waals surface area contributed by atoms with Crippen LogP contribution < -0.4 is 10.2 Å². The first-order valence-electron chi connectivity index (χ1n) is 7.20. The van der Waals surface area contributed by atoms with Crippen LogP contribution in [0.2, 0.25) is 0 Å². The van der Waals surface area contributed by atoms with Crippen LogP contribution in [0.15, 0.2) is 47.5 Å². The fourth-order valence-corrected chi connectivity index (χ4v) is 2.99. The first-order chi connectivity index (χ1) is 11.2. The number of nitrogens with zero attached hydrogens (tertiary/aromatic N) is 3. The average molecular weight is 348 g/mol. The monoisotopic (exact) mass is 348 g/mol. The molecule has 1 N–H and O–H groups in total. The summed E-state index contributed by atoms with van der Waals surface area (Å²) >= 11 is 0. The maximum Gasteiger partial charge on any atom is 0.274 e. The number of aromatic nitrogens is 1. The minimum Gasteiger partial charge on any atom is -0.376 e. The van der Waals surface area contributed by atoms with E-state index in [0.717, 1.165) is 4.31 Å². The van der Waals surface area contributed by atoms with Crippen molar-refractivity contribution in [1.29, 1.82) is 0 Å². The third kappa shape index (κ3) is 3.72. The van der Waals surface area contributed by atoms with Crippen LogP contribution in [0.4, 0.5) is 11.4 Å². The van der Waals surface area contributed by atoms with Crippen LogP contribution in [0.1, 0.15) is 10.5 Å². The van der Waals surface area contributed by atoms with E-state index in [1.54, 1.807) is 29.2 Å². The average Bonchev–Trinajstić information content (AvgIpc) is 2.55. The van der Waals surface area contributed by atoms with Gasteiger partial charge in [0.15, 0.2) is 0 Å². The minimum absolute atomic E-state index is 0.106. The molecule has 0 aliphatic carbocycles. The molecule has 0 aliphatic rings. The van der Waals surface area contributed by atoms with Gasteiger partial charge in [0, 0.05) is 34.4 Å². The normalized spacial score (nSPS) is 11.4. The summed E-state index contributed by atoms with van der Waals surface area (Å²) in [6.45, 7) is 0. The number of carbonyl (C=O) groups excluding carboxylic acids is 1. The van der Waals surface area contributed by atoms with Gasteiger partial charge in [-0.2, -0.15) is 0 Å². The van der Waals surface area contributed by atoms with Crippen molar-refractivity contribution in [1.82, 2.24) is 9.29 Å². The van der Waals surface area contributed by atoms with Gasteiger partial charge in [-0.25, -0.2) is 12.7 Å². The lowest BCUT2D eigenvalue weighted by Gasteiger charge is -2.20. The van der Waals surface area contributed by atoms with Crippen LogP contribution in [0.5, 0.6) is 0 Å². The molecule has 0 radical (unpaired) electrons. The molecule has 2 rings (SSSR count). The summed E-state index contributed by atoms with van der Waals surface area (Å²) in [5.41, 5.74) is 1.35. The molecule has 0 fully saturated rings. The molecule has 1 aromatic carbocycles. The quantitative estimate of drug-likeness (QED) is 0.888. The number of amides is 1. The lowest BCUT2D eigenvalue weighted by atomic mass is 10.2. The highest BCUT2D eigenvalue weighted by Crippen LogP contribution is 2.28. The highest BCUT2D eigenvalue weighted by atomic mass is 32.2. The Morgan fingerprint density at radius 3 is 2.33 bits per heavy atom. The van der Waals surface area contributed by atoms with E-state index < -0.39 is 15.9 Å². The number of sulfonamides is 1. The molecule has 0 saturated heterocycles. The van der Waals surface area contributed by atoms with Crippen molar-refractivity contribution in [3.63, 3.8) is 0 Å². The van der Waals surface area contributed by atoms with Crippen LogP contribution in [0.3, 0.4) is 0 Å². The first kappa shape index (κ1) is 17.9. The molecule has 24 heavy (non-hydrogen) atoms. The van der Waals surface area contributed by atoms with Gasteiger partial charge in [0.1, 0.15) is 5.69 Å². The number of benzene rings is 1. The fourth-order valence-electron chi connectivity index (χ4n) is 2.06. The Balaban J connectivity index is 2.45. The highest BCUT2D eigenvalue weighted by Gasteiger charge is 2.20. The second kappa shape index (κ2) is 6.98. The van der Waals surface area contributed by atoms with Crippen LogP contribution >= 0.6 is 0 Å². The van der Waals surface area contributed by atoms with E-state index in [2.05, 4.69) is 10.3 Å². The van der Waals surface area contributed by atoms with Gasteiger partial charge in [0.25, 0.3) is 5.91 Å². The number of nitrogens with one attached hydrogen (secondary N) is 1. The van der Waals surface area contributed by atoms with Crippen molar-refractivity contribution in [2.45, 2.75) is 4.90 Å². The predicted octanol–water partition coefficient (Wildman–Crippen LogP) is 1.65. The van der Waals surface area contributed by atoms with Crippen LogP contribution in [0, 0.1) is 0 Å². The van der Waals surface area contributed by atoms with Crippen LogP contribution in [-0.4, -0.2) is 51.8 Å². The number of hydrogen-bond donors (Lipinski definition) is 1. The summed E-state index contributed by atoms with van der Waals surface area (Å²) in [5.74, 6) is -0.405. The van der Waals surface area contributed by atoms with E-state index in [9.17, 15) is 13.2 Å². The van der Waals surface area contributed by atoms with E-state index >= 15 is 0 Å². The lowest BCUT2D eigenvalue weighted by Crippen LogP contribution is -2.23. The summed E-state index contributed by atoms with van der Waals surface area (Å²) in [6.07, 6.45) is 1.52. The van der Waals surface area contributed by atoms with Crippen molar-refractivity contribution >= 4 is 27.3 Å². The minimum atomic E-state index is -3.59. The van der Waals surface area contributed by atoms with Crippen molar-refractivity contribution in [2.24, 2.45) is 0 Å². The Labute approximate surface area is 142 Å². The molecular formula is C16H20N4O3S. The van der Waals surface area contributed by atoms with Gasteiger partial charge in [-0.1, -0.05) is 6.07 Å². The number of pyridine rings is 1. The molecule has 0 saturated carbocycles. The van der Waals surface area contributed by atoms with Crippen LogP contribution in [-0.2, 0) is 10.0 Å². The molecule has 128 valence electrons. The molecule has 0 bridgehead atoms. The third-order valence-electron chi connectivity index (χ3n) is 3.37. The second-order valence-electron chi connectivity index (χ2n) is 5.53. The van der Waals surface area contributed by atoms with Crippen LogP contribution in [0.25, 0.3) is 0 Å². The number of rotatable bonds is 5. The summed E-state index contributed by atoms with van der Waals surface area (Å²) in [4.78, 5) is 18.2. The third-order valence-corrected chi connectivity index (χ3v) is 5.19. The lowest BCUT2D eigenvalue weighted by molar-refractivity contribution is 0.102. The van der Waals surface area contributed by atoms with Gasteiger partial charge < -0.3 is 10.2 Å². The second-order valence-corrected chi connectivity index (χ2v) is 7.68. The highest BCUT2D eigenvalue weighted by molar-refractivity contribution is 7.89. The molecule has 0 atom stereocenters. The Bertz CT molecular complexity index is 834. The summed E-state index contributed by atoms with van der Waals surface area (Å²) < 4.78 is 25.7. The van der Waals surface area contributed by atoms with Crippen molar-refractivity contribution in [2.75, 3.05) is 38.4 Å². The molecule has 2 aromatic rings. The molecule has 1 amide bonds. The Morgan fingerprint density at radius 1 is 1.08 bits per heavy atom. The van der Waals surface area contributed by atoms with Gasteiger partial charge in [-0.3, -0.25) is 9.78 Å². The number of anilines is 2. The van der Waals surface area contributed by atoms with Gasteiger partial charge in [-0.05, 0) is 30.3 Å². The van der Waals surface area contributed by atoms with E-state index in [1.165, 1.54) is 32.4 Å². The van der Waals surface area contributed by atoms with Gasteiger partial charge >= 0.3 is 0 Å². The van der Waals surface area contributed by atoms with Gasteiger partial charge in [-0.15, -0.1) is 0 Å². The van der Waals surface area contributed by atoms with Crippen molar-refractivity contribution in [3.05, 3.63) is 48.3 Å². The maximum atomic E-state index is 12.3. The SMILES string of the molecule is CN(C)c1ccc(S(=O)(=O)N(C)C)cc1NC(=O)c1ccccn1. The Kier molecular flexibility index (Phi) is 5.20. The van der Waals surface area contributed by atoms with Crippen molar-refractivity contribution < 1.29 is 13.2 Å². The number of hydrogen-bond acceptors (Lipinski definition) is 5. The number of carbonyl (C=O) groups is 1. The van der Waals surface area contributed by atoms with E-state index in [4.69, 9.17) is 0 Å². The van der Waals surface area contributed by atoms with Crippen molar-refractivity contribution in [3.8, 4) is 0 Å². The summed E-state index contributed by atoms with van der Waals surface area (Å²) in [5, 5.41) is 2.73. The Morgan fingerprint density at radius 2 is 1.79 bits per heavy atom.